The Morgan fingerprint density at radius 1 is 1.44 bits per heavy atom. The molecule has 0 radical (unpaired) electrons. The van der Waals surface area contributed by atoms with Crippen molar-refractivity contribution in [2.24, 2.45) is 0 Å². The highest BCUT2D eigenvalue weighted by Crippen LogP contribution is 2.11. The highest BCUT2D eigenvalue weighted by molar-refractivity contribution is 6.83. The lowest BCUT2D eigenvalue weighted by atomic mass is 11.0. The van der Waals surface area contributed by atoms with Gasteiger partial charge >= 0.3 is 0 Å². The third-order valence-corrected chi connectivity index (χ3v) is 4.87. The van der Waals surface area contributed by atoms with E-state index in [1.54, 1.807) is 7.11 Å². The van der Waals surface area contributed by atoms with Crippen molar-refractivity contribution < 1.29 is 4.43 Å². The molecule has 1 nitrogen and oxygen atoms in total. The normalized spacial score (nSPS) is 10.9. The fraction of sp³-hybridized carbons (Fsp3) is 0.429. The Bertz CT molecular complexity index is 95.5. The van der Waals surface area contributed by atoms with Crippen LogP contribution in [-0.4, -0.2) is 15.4 Å². The van der Waals surface area contributed by atoms with Gasteiger partial charge in [-0.2, -0.15) is 0 Å². The van der Waals surface area contributed by atoms with Crippen molar-refractivity contribution in [2.75, 3.05) is 7.11 Å². The van der Waals surface area contributed by atoms with Gasteiger partial charge < -0.3 is 4.43 Å². The highest BCUT2D eigenvalue weighted by atomic mass is 28.4. The van der Waals surface area contributed by atoms with Crippen molar-refractivity contribution >= 4 is 8.32 Å². The molecule has 0 aliphatic carbocycles. The molecule has 0 aromatic heterocycles. The SMILES string of the molecule is C=C[Si](C=C)(CC)OC. The summed E-state index contributed by atoms with van der Waals surface area (Å²) >= 11 is 0. The standard InChI is InChI=1S/C7H14OSi/c1-5-9(6-2,7-3)8-4/h5-6H,1-2,7H2,3-4H3. The Kier molecular flexibility index (Phi) is 3.50. The molecule has 0 saturated carbocycles. The molecule has 0 spiro atoms. The lowest BCUT2D eigenvalue weighted by Crippen LogP contribution is -2.31. The molecule has 0 heterocycles. The molecular formula is C7H14OSi. The monoisotopic (exact) mass is 142 g/mol. The first kappa shape index (κ1) is 8.66. The van der Waals surface area contributed by atoms with Crippen LogP contribution in [-0.2, 0) is 4.43 Å². The van der Waals surface area contributed by atoms with Crippen LogP contribution in [0.15, 0.2) is 24.6 Å². The molecule has 9 heavy (non-hydrogen) atoms. The Morgan fingerprint density at radius 3 is 1.89 bits per heavy atom. The lowest BCUT2D eigenvalue weighted by Gasteiger charge is -2.18. The summed E-state index contributed by atoms with van der Waals surface area (Å²) in [5.74, 6) is 0. The molecule has 0 aromatic rings. The van der Waals surface area contributed by atoms with Gasteiger partial charge in [0, 0.05) is 7.11 Å². The summed E-state index contributed by atoms with van der Waals surface area (Å²) in [6, 6.07) is 1.02. The second-order valence-corrected chi connectivity index (χ2v) is 5.76. The van der Waals surface area contributed by atoms with Crippen molar-refractivity contribution in [3.63, 3.8) is 0 Å². The minimum atomic E-state index is -1.66. The fourth-order valence-electron chi connectivity index (χ4n) is 0.683. The van der Waals surface area contributed by atoms with Crippen LogP contribution in [0.25, 0.3) is 0 Å². The van der Waals surface area contributed by atoms with Gasteiger partial charge in [0.05, 0.1) is 0 Å². The largest absolute Gasteiger partial charge is 0.412 e. The Hall–Kier alpha value is -0.343. The zero-order valence-electron chi connectivity index (χ0n) is 6.18. The van der Waals surface area contributed by atoms with E-state index in [1.165, 1.54) is 0 Å². The van der Waals surface area contributed by atoms with E-state index in [2.05, 4.69) is 20.1 Å². The molecule has 0 rings (SSSR count). The molecule has 0 bridgehead atoms. The molecule has 0 amide bonds. The van der Waals surface area contributed by atoms with Gasteiger partial charge in [-0.05, 0) is 6.04 Å². The molecule has 52 valence electrons. The molecule has 0 atom stereocenters. The van der Waals surface area contributed by atoms with E-state index in [0.717, 1.165) is 6.04 Å². The second kappa shape index (κ2) is 3.64. The predicted molar refractivity (Wildman–Crippen MR) is 43.6 cm³/mol. The topological polar surface area (TPSA) is 9.23 Å². The third kappa shape index (κ3) is 1.80. The van der Waals surface area contributed by atoms with Crippen molar-refractivity contribution in [3.05, 3.63) is 24.6 Å². The van der Waals surface area contributed by atoms with Crippen LogP contribution in [0.4, 0.5) is 0 Å². The minimum Gasteiger partial charge on any atom is -0.412 e. The maximum Gasteiger partial charge on any atom is 0.239 e. The van der Waals surface area contributed by atoms with Crippen LogP contribution in [0.5, 0.6) is 0 Å². The van der Waals surface area contributed by atoms with E-state index in [0.29, 0.717) is 0 Å². The smallest absolute Gasteiger partial charge is 0.239 e. The van der Waals surface area contributed by atoms with Crippen molar-refractivity contribution in [3.8, 4) is 0 Å². The number of hydrogen-bond acceptors (Lipinski definition) is 1. The average Bonchev–Trinajstić information content (AvgIpc) is 1.95. The number of hydrogen-bond donors (Lipinski definition) is 0. The van der Waals surface area contributed by atoms with Crippen LogP contribution >= 0.6 is 0 Å². The van der Waals surface area contributed by atoms with Gasteiger partial charge in [0.1, 0.15) is 0 Å². The highest BCUT2D eigenvalue weighted by Gasteiger charge is 2.22. The van der Waals surface area contributed by atoms with Crippen molar-refractivity contribution in [1.82, 2.24) is 0 Å². The van der Waals surface area contributed by atoms with Gasteiger partial charge in [0.25, 0.3) is 0 Å². The molecular weight excluding hydrogens is 128 g/mol. The molecule has 0 unspecified atom stereocenters. The second-order valence-electron chi connectivity index (χ2n) is 1.92. The first-order chi connectivity index (χ1) is 4.24. The molecule has 2 heteroatoms. The Balaban J connectivity index is 4.15. The summed E-state index contributed by atoms with van der Waals surface area (Å²) < 4.78 is 5.29. The summed E-state index contributed by atoms with van der Waals surface area (Å²) in [7, 11) is 0.0577. The fourth-order valence-corrected chi connectivity index (χ4v) is 2.05. The van der Waals surface area contributed by atoms with Gasteiger partial charge in [0.15, 0.2) is 0 Å². The van der Waals surface area contributed by atoms with Gasteiger partial charge in [-0.1, -0.05) is 18.3 Å². The summed E-state index contributed by atoms with van der Waals surface area (Å²) in [5, 5.41) is 0. The van der Waals surface area contributed by atoms with Crippen molar-refractivity contribution in [2.45, 2.75) is 13.0 Å². The maximum absolute atomic E-state index is 5.29. The van der Waals surface area contributed by atoms with Crippen LogP contribution in [0.3, 0.4) is 0 Å². The van der Waals surface area contributed by atoms with Gasteiger partial charge in [-0.15, -0.1) is 13.2 Å². The molecule has 0 saturated heterocycles. The molecule has 0 aliphatic rings. The number of rotatable bonds is 4. The van der Waals surface area contributed by atoms with Gasteiger partial charge in [-0.25, -0.2) is 0 Å². The Labute approximate surface area is 58.2 Å². The van der Waals surface area contributed by atoms with E-state index in [-0.39, 0.29) is 0 Å². The average molecular weight is 142 g/mol. The quantitative estimate of drug-likeness (QED) is 0.546. The van der Waals surface area contributed by atoms with Crippen LogP contribution in [0.2, 0.25) is 6.04 Å². The predicted octanol–water partition coefficient (Wildman–Crippen LogP) is 2.05. The molecule has 0 N–H and O–H groups in total. The van der Waals surface area contributed by atoms with Crippen LogP contribution in [0.1, 0.15) is 6.92 Å². The van der Waals surface area contributed by atoms with Crippen LogP contribution in [0, 0.1) is 0 Å². The van der Waals surface area contributed by atoms with E-state index >= 15 is 0 Å². The first-order valence-electron chi connectivity index (χ1n) is 3.07. The van der Waals surface area contributed by atoms with Gasteiger partial charge in [0.2, 0.25) is 8.32 Å². The third-order valence-electron chi connectivity index (χ3n) is 1.62. The van der Waals surface area contributed by atoms with Gasteiger partial charge in [-0.3, -0.25) is 0 Å². The van der Waals surface area contributed by atoms with E-state index in [4.69, 9.17) is 4.43 Å². The minimum absolute atomic E-state index is 1.02. The summed E-state index contributed by atoms with van der Waals surface area (Å²) in [4.78, 5) is 0. The Morgan fingerprint density at radius 2 is 1.89 bits per heavy atom. The molecule has 0 aromatic carbocycles. The summed E-state index contributed by atoms with van der Waals surface area (Å²) in [5.41, 5.74) is 3.81. The van der Waals surface area contributed by atoms with E-state index < -0.39 is 8.32 Å². The van der Waals surface area contributed by atoms with E-state index in [9.17, 15) is 0 Å². The molecule has 0 fully saturated rings. The lowest BCUT2D eigenvalue weighted by molar-refractivity contribution is 0.414. The van der Waals surface area contributed by atoms with Crippen LogP contribution < -0.4 is 0 Å². The van der Waals surface area contributed by atoms with Crippen molar-refractivity contribution in [1.29, 1.82) is 0 Å². The summed E-state index contributed by atoms with van der Waals surface area (Å²) in [6.07, 6.45) is 0. The zero-order valence-corrected chi connectivity index (χ0v) is 7.18. The first-order valence-corrected chi connectivity index (χ1v) is 5.34. The van der Waals surface area contributed by atoms with E-state index in [1.807, 2.05) is 11.4 Å². The zero-order chi connectivity index (χ0) is 7.33. The molecule has 0 aliphatic heterocycles. The maximum atomic E-state index is 5.29. The summed E-state index contributed by atoms with van der Waals surface area (Å²) in [6.45, 7) is 9.52.